The number of hydrogen-bond donors (Lipinski definition) is 1. The van der Waals surface area contributed by atoms with Gasteiger partial charge in [-0.25, -0.2) is 4.39 Å². The molecule has 2 rings (SSSR count). The molecule has 0 heterocycles. The molecule has 1 atom stereocenters. The average molecular weight is 338 g/mol. The number of aryl methyl sites for hydroxylation is 1. The van der Waals surface area contributed by atoms with E-state index >= 15 is 0 Å². The second kappa shape index (κ2) is 6.37. The predicted octanol–water partition coefficient (Wildman–Crippen LogP) is 4.21. The van der Waals surface area contributed by atoms with Crippen molar-refractivity contribution >= 4 is 15.9 Å². The Morgan fingerprint density at radius 1 is 1.25 bits per heavy atom. The SMILES string of the molecule is CNC(c1cc(C)cc(Br)c1)c1cccc(OC)c1F. The van der Waals surface area contributed by atoms with Gasteiger partial charge in [0.05, 0.1) is 13.2 Å². The number of methoxy groups -OCH3 is 1. The first kappa shape index (κ1) is 15.0. The molecule has 1 N–H and O–H groups in total. The Morgan fingerprint density at radius 2 is 2.00 bits per heavy atom. The highest BCUT2D eigenvalue weighted by atomic mass is 79.9. The quantitative estimate of drug-likeness (QED) is 0.902. The smallest absolute Gasteiger partial charge is 0.170 e. The van der Waals surface area contributed by atoms with Crippen LogP contribution in [0, 0.1) is 12.7 Å². The van der Waals surface area contributed by atoms with Crippen LogP contribution in [-0.4, -0.2) is 14.2 Å². The van der Waals surface area contributed by atoms with Gasteiger partial charge in [-0.2, -0.15) is 0 Å². The van der Waals surface area contributed by atoms with Crippen molar-refractivity contribution in [2.24, 2.45) is 0 Å². The number of nitrogens with one attached hydrogen (secondary N) is 1. The van der Waals surface area contributed by atoms with Crippen molar-refractivity contribution in [3.05, 3.63) is 63.4 Å². The lowest BCUT2D eigenvalue weighted by Crippen LogP contribution is -2.19. The summed E-state index contributed by atoms with van der Waals surface area (Å²) >= 11 is 3.48. The van der Waals surface area contributed by atoms with E-state index in [9.17, 15) is 4.39 Å². The van der Waals surface area contributed by atoms with Crippen LogP contribution in [0.4, 0.5) is 4.39 Å². The summed E-state index contributed by atoms with van der Waals surface area (Å²) in [5.41, 5.74) is 2.70. The predicted molar refractivity (Wildman–Crippen MR) is 82.7 cm³/mol. The molecule has 0 radical (unpaired) electrons. The van der Waals surface area contributed by atoms with Gasteiger partial charge in [-0.05, 0) is 43.3 Å². The van der Waals surface area contributed by atoms with Gasteiger partial charge in [-0.15, -0.1) is 0 Å². The first-order valence-electron chi connectivity index (χ1n) is 6.33. The van der Waals surface area contributed by atoms with Crippen LogP contribution < -0.4 is 10.1 Å². The van der Waals surface area contributed by atoms with E-state index in [4.69, 9.17) is 4.74 Å². The maximum atomic E-state index is 14.4. The van der Waals surface area contributed by atoms with Crippen LogP contribution in [-0.2, 0) is 0 Å². The summed E-state index contributed by atoms with van der Waals surface area (Å²) in [5, 5.41) is 3.16. The van der Waals surface area contributed by atoms with Crippen LogP contribution in [0.15, 0.2) is 40.9 Å². The molecule has 4 heteroatoms. The average Bonchev–Trinajstić information content (AvgIpc) is 2.40. The molecule has 0 aliphatic carbocycles. The first-order chi connectivity index (χ1) is 9.56. The maximum Gasteiger partial charge on any atom is 0.170 e. The van der Waals surface area contributed by atoms with Crippen molar-refractivity contribution < 1.29 is 9.13 Å². The third-order valence-corrected chi connectivity index (χ3v) is 3.67. The number of hydrogen-bond acceptors (Lipinski definition) is 2. The normalized spacial score (nSPS) is 12.2. The standard InChI is InChI=1S/C16H17BrFNO/c1-10-7-11(9-12(17)8-10)16(19-2)13-5-4-6-14(20-3)15(13)18/h4-9,16,19H,1-3H3. The second-order valence-corrected chi connectivity index (χ2v) is 5.56. The van der Waals surface area contributed by atoms with E-state index in [1.807, 2.05) is 32.2 Å². The Bertz CT molecular complexity index is 595. The van der Waals surface area contributed by atoms with Crippen molar-refractivity contribution in [2.45, 2.75) is 13.0 Å². The number of halogens is 2. The number of rotatable bonds is 4. The molecular weight excluding hydrogens is 321 g/mol. The van der Waals surface area contributed by atoms with Gasteiger partial charge in [0.2, 0.25) is 0 Å². The van der Waals surface area contributed by atoms with E-state index in [-0.39, 0.29) is 17.6 Å². The maximum absolute atomic E-state index is 14.4. The van der Waals surface area contributed by atoms with Gasteiger partial charge in [0, 0.05) is 10.0 Å². The summed E-state index contributed by atoms with van der Waals surface area (Å²) < 4.78 is 20.5. The molecule has 2 nitrogen and oxygen atoms in total. The number of benzene rings is 2. The summed E-state index contributed by atoms with van der Waals surface area (Å²) in [6.07, 6.45) is 0. The summed E-state index contributed by atoms with van der Waals surface area (Å²) in [4.78, 5) is 0. The summed E-state index contributed by atoms with van der Waals surface area (Å²) in [5.74, 6) is -0.0681. The lowest BCUT2D eigenvalue weighted by Gasteiger charge is -2.19. The largest absolute Gasteiger partial charge is 0.494 e. The van der Waals surface area contributed by atoms with Gasteiger partial charge in [-0.1, -0.05) is 34.1 Å². The second-order valence-electron chi connectivity index (χ2n) is 4.65. The molecule has 0 aromatic heterocycles. The zero-order valence-electron chi connectivity index (χ0n) is 11.7. The van der Waals surface area contributed by atoms with Crippen LogP contribution in [0.3, 0.4) is 0 Å². The molecule has 0 aliphatic heterocycles. The zero-order chi connectivity index (χ0) is 14.7. The summed E-state index contributed by atoms with van der Waals surface area (Å²) in [6, 6.07) is 11.0. The lowest BCUT2D eigenvalue weighted by atomic mass is 9.97. The van der Waals surface area contributed by atoms with E-state index in [1.165, 1.54) is 7.11 Å². The molecular formula is C16H17BrFNO. The summed E-state index contributed by atoms with van der Waals surface area (Å²) in [6.45, 7) is 2.02. The molecule has 0 saturated heterocycles. The van der Waals surface area contributed by atoms with E-state index in [0.717, 1.165) is 15.6 Å². The fourth-order valence-corrected chi connectivity index (χ4v) is 2.97. The van der Waals surface area contributed by atoms with Crippen molar-refractivity contribution in [2.75, 3.05) is 14.2 Å². The Hall–Kier alpha value is -1.39. The van der Waals surface area contributed by atoms with Crippen LogP contribution in [0.5, 0.6) is 5.75 Å². The van der Waals surface area contributed by atoms with E-state index in [2.05, 4.69) is 21.2 Å². The first-order valence-corrected chi connectivity index (χ1v) is 7.13. The minimum atomic E-state index is -0.327. The van der Waals surface area contributed by atoms with Gasteiger partial charge < -0.3 is 10.1 Å². The lowest BCUT2D eigenvalue weighted by molar-refractivity contribution is 0.382. The molecule has 0 bridgehead atoms. The fourth-order valence-electron chi connectivity index (χ4n) is 2.34. The minimum absolute atomic E-state index is 0.221. The van der Waals surface area contributed by atoms with Gasteiger partial charge in [-0.3, -0.25) is 0 Å². The van der Waals surface area contributed by atoms with Gasteiger partial charge in [0.25, 0.3) is 0 Å². The molecule has 0 amide bonds. The molecule has 0 spiro atoms. The van der Waals surface area contributed by atoms with Crippen molar-refractivity contribution in [3.63, 3.8) is 0 Å². The monoisotopic (exact) mass is 337 g/mol. The molecule has 106 valence electrons. The van der Waals surface area contributed by atoms with Crippen molar-refractivity contribution in [1.82, 2.24) is 5.32 Å². The number of ether oxygens (including phenoxy) is 1. The Kier molecular flexibility index (Phi) is 4.78. The Balaban J connectivity index is 2.52. The van der Waals surface area contributed by atoms with Gasteiger partial charge in [0.15, 0.2) is 11.6 Å². The summed E-state index contributed by atoms with van der Waals surface area (Å²) in [7, 11) is 3.29. The molecule has 1 unspecified atom stereocenters. The highest BCUT2D eigenvalue weighted by Crippen LogP contribution is 2.30. The van der Waals surface area contributed by atoms with Crippen molar-refractivity contribution in [1.29, 1.82) is 0 Å². The van der Waals surface area contributed by atoms with E-state index in [0.29, 0.717) is 5.56 Å². The highest BCUT2D eigenvalue weighted by Gasteiger charge is 2.19. The Labute approximate surface area is 127 Å². The zero-order valence-corrected chi connectivity index (χ0v) is 13.3. The molecule has 0 fully saturated rings. The third-order valence-electron chi connectivity index (χ3n) is 3.21. The van der Waals surface area contributed by atoms with Crippen LogP contribution in [0.25, 0.3) is 0 Å². The van der Waals surface area contributed by atoms with Crippen LogP contribution in [0.1, 0.15) is 22.7 Å². The third kappa shape index (κ3) is 3.02. The topological polar surface area (TPSA) is 21.3 Å². The molecule has 0 aliphatic rings. The van der Waals surface area contributed by atoms with Crippen LogP contribution >= 0.6 is 15.9 Å². The van der Waals surface area contributed by atoms with Crippen LogP contribution in [0.2, 0.25) is 0 Å². The van der Waals surface area contributed by atoms with Gasteiger partial charge >= 0.3 is 0 Å². The van der Waals surface area contributed by atoms with Gasteiger partial charge in [0.1, 0.15) is 0 Å². The molecule has 2 aromatic carbocycles. The van der Waals surface area contributed by atoms with Crippen molar-refractivity contribution in [3.8, 4) is 5.75 Å². The van der Waals surface area contributed by atoms with E-state index < -0.39 is 0 Å². The fraction of sp³-hybridized carbons (Fsp3) is 0.250. The Morgan fingerprint density at radius 3 is 2.60 bits per heavy atom. The molecule has 20 heavy (non-hydrogen) atoms. The highest BCUT2D eigenvalue weighted by molar-refractivity contribution is 9.10. The van der Waals surface area contributed by atoms with E-state index in [1.54, 1.807) is 18.2 Å². The molecule has 2 aromatic rings. The minimum Gasteiger partial charge on any atom is -0.494 e. The molecule has 0 saturated carbocycles.